The van der Waals surface area contributed by atoms with Crippen molar-refractivity contribution < 1.29 is 14.5 Å². The Morgan fingerprint density at radius 2 is 2.09 bits per heavy atom. The normalized spacial score (nSPS) is 19.3. The number of nitrogens with one attached hydrogen (secondary N) is 1. The van der Waals surface area contributed by atoms with Gasteiger partial charge in [-0.15, -0.1) is 0 Å². The Morgan fingerprint density at radius 1 is 1.27 bits per heavy atom. The van der Waals surface area contributed by atoms with E-state index >= 15 is 0 Å². The van der Waals surface area contributed by atoms with Crippen molar-refractivity contribution in [1.29, 1.82) is 5.26 Å². The first-order valence-electron chi connectivity index (χ1n) is 11.1. The Hall–Kier alpha value is -3.64. The van der Waals surface area contributed by atoms with E-state index in [1.807, 2.05) is 18.2 Å². The van der Waals surface area contributed by atoms with Crippen LogP contribution < -0.4 is 15.1 Å². The molecule has 1 saturated heterocycles. The molecule has 9 nitrogen and oxygen atoms in total. The van der Waals surface area contributed by atoms with Crippen molar-refractivity contribution in [1.82, 2.24) is 5.32 Å². The number of anilines is 2. The van der Waals surface area contributed by atoms with Gasteiger partial charge in [0.25, 0.3) is 5.69 Å². The summed E-state index contributed by atoms with van der Waals surface area (Å²) < 4.78 is 5.07. The molecule has 2 aromatic carbocycles. The van der Waals surface area contributed by atoms with Crippen LogP contribution in [0.4, 0.5) is 17.1 Å². The summed E-state index contributed by atoms with van der Waals surface area (Å²) in [7, 11) is 1.63. The Balaban J connectivity index is 1.64. The second-order valence-corrected chi connectivity index (χ2v) is 8.35. The number of benzene rings is 2. The molecular formula is C24H27N5O4. The highest BCUT2D eigenvalue weighted by atomic mass is 16.6. The van der Waals surface area contributed by atoms with Crippen LogP contribution in [0.1, 0.15) is 17.5 Å². The van der Waals surface area contributed by atoms with Gasteiger partial charge < -0.3 is 19.9 Å². The van der Waals surface area contributed by atoms with Crippen molar-refractivity contribution in [2.75, 3.05) is 49.7 Å². The minimum absolute atomic E-state index is 0.0352. The quantitative estimate of drug-likeness (QED) is 0.393. The number of methoxy groups -OCH3 is 1. The Bertz CT molecular complexity index is 1080. The van der Waals surface area contributed by atoms with E-state index < -0.39 is 4.92 Å². The zero-order valence-electron chi connectivity index (χ0n) is 18.6. The first kappa shape index (κ1) is 22.6. The van der Waals surface area contributed by atoms with E-state index in [1.165, 1.54) is 6.07 Å². The van der Waals surface area contributed by atoms with Gasteiger partial charge in [-0.3, -0.25) is 14.9 Å². The van der Waals surface area contributed by atoms with Crippen molar-refractivity contribution in [2.45, 2.75) is 18.9 Å². The maximum Gasteiger partial charge on any atom is 0.269 e. The number of non-ortho nitro benzene ring substituents is 1. The number of carbonyl (C=O) groups is 1. The van der Waals surface area contributed by atoms with Gasteiger partial charge in [0.2, 0.25) is 5.91 Å². The molecule has 2 heterocycles. The zero-order chi connectivity index (χ0) is 23.4. The predicted octanol–water partition coefficient (Wildman–Crippen LogP) is 2.49. The first-order valence-corrected chi connectivity index (χ1v) is 11.1. The number of nitro groups is 1. The van der Waals surface area contributed by atoms with Crippen molar-refractivity contribution in [3.05, 3.63) is 63.7 Å². The molecule has 4 rings (SSSR count). The molecule has 2 aliphatic rings. The van der Waals surface area contributed by atoms with E-state index in [0.717, 1.165) is 16.9 Å². The summed E-state index contributed by atoms with van der Waals surface area (Å²) in [6.45, 7) is 3.01. The SMILES string of the molecule is COCCCNC(=O)[C@@H]1Cc2cc([N+](=O)[O-])ccc2N2CCN(c3ccccc3C#N)C[C@@H]12. The number of fused-ring (bicyclic) bond motifs is 3. The lowest BCUT2D eigenvalue weighted by Gasteiger charge is -2.49. The first-order chi connectivity index (χ1) is 16.0. The summed E-state index contributed by atoms with van der Waals surface area (Å²) in [6, 6.07) is 14.6. The molecule has 0 unspecified atom stereocenters. The molecule has 1 amide bonds. The fraction of sp³-hybridized carbons (Fsp3) is 0.417. The molecule has 0 radical (unpaired) electrons. The molecule has 1 N–H and O–H groups in total. The average molecular weight is 450 g/mol. The molecule has 0 spiro atoms. The monoisotopic (exact) mass is 449 g/mol. The Labute approximate surface area is 192 Å². The molecule has 0 aromatic heterocycles. The number of carbonyl (C=O) groups excluding carboxylic acids is 1. The average Bonchev–Trinajstić information content (AvgIpc) is 2.85. The Morgan fingerprint density at radius 3 is 2.85 bits per heavy atom. The van der Waals surface area contributed by atoms with E-state index in [2.05, 4.69) is 21.2 Å². The summed E-state index contributed by atoms with van der Waals surface area (Å²) in [4.78, 5) is 28.5. The third kappa shape index (κ3) is 4.61. The summed E-state index contributed by atoms with van der Waals surface area (Å²) in [5.41, 5.74) is 3.28. The highest BCUT2D eigenvalue weighted by Crippen LogP contribution is 2.39. The Kier molecular flexibility index (Phi) is 6.75. The van der Waals surface area contributed by atoms with Crippen LogP contribution in [0, 0.1) is 27.4 Å². The van der Waals surface area contributed by atoms with Crippen molar-refractivity contribution in [3.63, 3.8) is 0 Å². The smallest absolute Gasteiger partial charge is 0.269 e. The molecule has 1 fully saturated rings. The summed E-state index contributed by atoms with van der Waals surface area (Å²) in [6.07, 6.45) is 1.15. The minimum Gasteiger partial charge on any atom is -0.385 e. The second-order valence-electron chi connectivity index (χ2n) is 8.35. The maximum atomic E-state index is 13.2. The molecule has 2 atom stereocenters. The van der Waals surface area contributed by atoms with Gasteiger partial charge in [0.15, 0.2) is 0 Å². The fourth-order valence-electron chi connectivity index (χ4n) is 4.84. The maximum absolute atomic E-state index is 13.2. The number of amides is 1. The molecule has 33 heavy (non-hydrogen) atoms. The van der Waals surface area contributed by atoms with Crippen molar-refractivity contribution >= 4 is 23.0 Å². The van der Waals surface area contributed by atoms with Crippen LogP contribution in [0.3, 0.4) is 0 Å². The lowest BCUT2D eigenvalue weighted by atomic mass is 9.83. The van der Waals surface area contributed by atoms with Gasteiger partial charge in [0.1, 0.15) is 6.07 Å². The summed E-state index contributed by atoms with van der Waals surface area (Å²) in [5, 5.41) is 23.9. The number of ether oxygens (including phenoxy) is 1. The van der Waals surface area contributed by atoms with E-state index in [1.54, 1.807) is 25.3 Å². The highest BCUT2D eigenvalue weighted by Gasteiger charge is 2.42. The van der Waals surface area contributed by atoms with E-state index in [-0.39, 0.29) is 23.6 Å². The van der Waals surface area contributed by atoms with Crippen LogP contribution in [0.15, 0.2) is 42.5 Å². The van der Waals surface area contributed by atoms with E-state index in [4.69, 9.17) is 4.74 Å². The number of hydrogen-bond donors (Lipinski definition) is 1. The second kappa shape index (κ2) is 9.88. The largest absolute Gasteiger partial charge is 0.385 e. The third-order valence-corrected chi connectivity index (χ3v) is 6.43. The van der Waals surface area contributed by atoms with Gasteiger partial charge in [-0.1, -0.05) is 12.1 Å². The van der Waals surface area contributed by atoms with Gasteiger partial charge in [-0.25, -0.2) is 0 Å². The van der Waals surface area contributed by atoms with Gasteiger partial charge in [0.05, 0.1) is 28.1 Å². The van der Waals surface area contributed by atoms with Gasteiger partial charge in [-0.2, -0.15) is 5.26 Å². The van der Waals surface area contributed by atoms with Crippen LogP contribution in [-0.4, -0.2) is 56.8 Å². The lowest BCUT2D eigenvalue weighted by molar-refractivity contribution is -0.384. The number of piperazine rings is 1. The van der Waals surface area contributed by atoms with Crippen LogP contribution in [0.5, 0.6) is 0 Å². The number of hydrogen-bond acceptors (Lipinski definition) is 7. The lowest BCUT2D eigenvalue weighted by Crippen LogP contribution is -2.61. The van der Waals surface area contributed by atoms with E-state index in [0.29, 0.717) is 51.2 Å². The highest BCUT2D eigenvalue weighted by molar-refractivity contribution is 5.82. The van der Waals surface area contributed by atoms with Crippen LogP contribution >= 0.6 is 0 Å². The standard InChI is InChI=1S/C24H27N5O4/c1-33-12-4-9-26-24(30)20-14-18-13-19(29(31)32)7-8-22(18)28-11-10-27(16-23(20)28)21-6-3-2-5-17(21)15-25/h2-3,5-8,13,20,23H,4,9-12,14,16H2,1H3,(H,26,30)/t20-,23+/m1/s1. The number of nitro benzene ring substituents is 1. The molecular weight excluding hydrogens is 422 g/mol. The number of nitrogens with zero attached hydrogens (tertiary/aromatic N) is 4. The van der Waals surface area contributed by atoms with Crippen LogP contribution in [0.25, 0.3) is 0 Å². The number of nitriles is 1. The third-order valence-electron chi connectivity index (χ3n) is 6.43. The molecule has 0 aliphatic carbocycles. The van der Waals surface area contributed by atoms with Crippen LogP contribution in [0.2, 0.25) is 0 Å². The van der Waals surface area contributed by atoms with Gasteiger partial charge in [-0.05, 0) is 36.6 Å². The fourth-order valence-corrected chi connectivity index (χ4v) is 4.84. The summed E-state index contributed by atoms with van der Waals surface area (Å²) in [5.74, 6) is -0.423. The topological polar surface area (TPSA) is 112 Å². The molecule has 2 aliphatic heterocycles. The number of para-hydroxylation sites is 1. The van der Waals surface area contributed by atoms with Gasteiger partial charge >= 0.3 is 0 Å². The van der Waals surface area contributed by atoms with E-state index in [9.17, 15) is 20.2 Å². The predicted molar refractivity (Wildman–Crippen MR) is 124 cm³/mol. The van der Waals surface area contributed by atoms with Crippen LogP contribution in [-0.2, 0) is 16.0 Å². The molecule has 0 bridgehead atoms. The molecule has 0 saturated carbocycles. The molecule has 172 valence electrons. The minimum atomic E-state index is -0.400. The molecule has 9 heteroatoms. The molecule has 2 aromatic rings. The number of rotatable bonds is 7. The van der Waals surface area contributed by atoms with Crippen molar-refractivity contribution in [2.24, 2.45) is 5.92 Å². The summed E-state index contributed by atoms with van der Waals surface area (Å²) >= 11 is 0. The zero-order valence-corrected chi connectivity index (χ0v) is 18.6. The van der Waals surface area contributed by atoms with Crippen molar-refractivity contribution in [3.8, 4) is 6.07 Å². The van der Waals surface area contributed by atoms with Gasteiger partial charge in [0, 0.05) is 57.7 Å².